The number of amides is 2. The summed E-state index contributed by atoms with van der Waals surface area (Å²) >= 11 is 0. The first-order valence-electron chi connectivity index (χ1n) is 9.78. The van der Waals surface area contributed by atoms with Crippen LogP contribution in [0.1, 0.15) is 24.0 Å². The Kier molecular flexibility index (Phi) is 5.83. The van der Waals surface area contributed by atoms with E-state index in [0.29, 0.717) is 31.3 Å². The number of aromatic nitrogens is 3. The van der Waals surface area contributed by atoms with Crippen LogP contribution in [0.5, 0.6) is 0 Å². The Labute approximate surface area is 183 Å². The van der Waals surface area contributed by atoms with E-state index in [-0.39, 0.29) is 17.4 Å². The second-order valence-corrected chi connectivity index (χ2v) is 7.32. The molecule has 0 radical (unpaired) electrons. The average Bonchev–Trinajstić information content (AvgIpc) is 3.37. The van der Waals surface area contributed by atoms with Crippen LogP contribution in [0.25, 0.3) is 5.82 Å². The number of nitrogens with one attached hydrogen (secondary N) is 1. The first kappa shape index (κ1) is 22.4. The molecule has 0 unspecified atom stereocenters. The number of anilines is 2. The number of alkyl halides is 3. The minimum Gasteiger partial charge on any atom is -0.324 e. The van der Waals surface area contributed by atoms with Gasteiger partial charge in [-0.3, -0.25) is 19.1 Å². The Morgan fingerprint density at radius 3 is 2.64 bits per heavy atom. The molecule has 2 amide bonds. The van der Waals surface area contributed by atoms with Crippen molar-refractivity contribution in [2.45, 2.75) is 25.4 Å². The fourth-order valence-electron chi connectivity index (χ4n) is 3.46. The van der Waals surface area contributed by atoms with Gasteiger partial charge in [0.15, 0.2) is 17.5 Å². The van der Waals surface area contributed by atoms with Crippen molar-refractivity contribution in [1.82, 2.24) is 14.5 Å². The highest BCUT2D eigenvalue weighted by Gasteiger charge is 2.35. The molecule has 3 aromatic rings. The van der Waals surface area contributed by atoms with Gasteiger partial charge in [-0.05, 0) is 18.1 Å². The fourth-order valence-corrected chi connectivity index (χ4v) is 3.46. The van der Waals surface area contributed by atoms with Crippen molar-refractivity contribution in [3.63, 3.8) is 0 Å². The Morgan fingerprint density at radius 2 is 1.97 bits per heavy atom. The fraction of sp³-hybridized carbons (Fsp3) is 0.238. The predicted molar refractivity (Wildman–Crippen MR) is 107 cm³/mol. The zero-order valence-electron chi connectivity index (χ0n) is 16.9. The lowest BCUT2D eigenvalue weighted by molar-refractivity contribution is -0.140. The molecule has 0 spiro atoms. The molecule has 1 aliphatic heterocycles. The molecule has 1 saturated heterocycles. The minimum absolute atomic E-state index is 0.0660. The van der Waals surface area contributed by atoms with Crippen molar-refractivity contribution in [2.24, 2.45) is 0 Å². The lowest BCUT2D eigenvalue weighted by Gasteiger charge is -2.12. The molecule has 2 aromatic heterocycles. The summed E-state index contributed by atoms with van der Waals surface area (Å²) < 4.78 is 68.5. The maximum Gasteiger partial charge on any atom is 0.419 e. The van der Waals surface area contributed by atoms with Gasteiger partial charge in [0.05, 0.1) is 30.1 Å². The van der Waals surface area contributed by atoms with Crippen molar-refractivity contribution in [3.05, 3.63) is 65.7 Å². The van der Waals surface area contributed by atoms with Crippen LogP contribution < -0.4 is 10.2 Å². The number of carbonyl (C=O) groups is 2. The zero-order chi connectivity index (χ0) is 23.8. The number of benzene rings is 1. The molecule has 0 saturated carbocycles. The van der Waals surface area contributed by atoms with Gasteiger partial charge < -0.3 is 5.32 Å². The first-order chi connectivity index (χ1) is 15.6. The first-order valence-corrected chi connectivity index (χ1v) is 9.78. The van der Waals surface area contributed by atoms with Gasteiger partial charge in [-0.2, -0.15) is 13.2 Å². The number of hydrogen-bond acceptors (Lipinski definition) is 4. The molecule has 1 aromatic carbocycles. The second kappa shape index (κ2) is 8.60. The number of halogens is 5. The number of hydrogen-bond donors (Lipinski definition) is 1. The van der Waals surface area contributed by atoms with Crippen LogP contribution in [0.4, 0.5) is 33.5 Å². The summed E-state index contributed by atoms with van der Waals surface area (Å²) in [6.45, 7) is 0.517. The summed E-state index contributed by atoms with van der Waals surface area (Å²) in [6.07, 6.45) is -0.582. The van der Waals surface area contributed by atoms with Gasteiger partial charge >= 0.3 is 6.18 Å². The van der Waals surface area contributed by atoms with Crippen LogP contribution in [0.15, 0.2) is 43.0 Å². The Hall–Kier alpha value is -3.83. The van der Waals surface area contributed by atoms with E-state index in [9.17, 15) is 31.5 Å². The van der Waals surface area contributed by atoms with E-state index in [1.165, 1.54) is 22.0 Å². The van der Waals surface area contributed by atoms with Gasteiger partial charge in [0.1, 0.15) is 12.1 Å². The Bertz CT molecular complexity index is 1220. The Balaban J connectivity index is 1.47. The third-order valence-corrected chi connectivity index (χ3v) is 5.00. The highest BCUT2D eigenvalue weighted by atomic mass is 19.4. The van der Waals surface area contributed by atoms with E-state index < -0.39 is 41.3 Å². The lowest BCUT2D eigenvalue weighted by atomic mass is 10.1. The van der Waals surface area contributed by atoms with Gasteiger partial charge in [0.25, 0.3) is 0 Å². The van der Waals surface area contributed by atoms with E-state index in [2.05, 4.69) is 15.3 Å². The molecule has 12 heteroatoms. The molecule has 0 aliphatic carbocycles. The van der Waals surface area contributed by atoms with Gasteiger partial charge in [-0.1, -0.05) is 12.1 Å². The molecule has 1 aliphatic rings. The predicted octanol–water partition coefficient (Wildman–Crippen LogP) is 3.87. The molecule has 1 N–H and O–H groups in total. The summed E-state index contributed by atoms with van der Waals surface area (Å²) in [5, 5.41) is 2.28. The van der Waals surface area contributed by atoms with Crippen molar-refractivity contribution in [1.29, 1.82) is 0 Å². The maximum absolute atomic E-state index is 14.6. The molecule has 172 valence electrons. The standard InChI is InChI=1S/C21H16F5N5O2/c22-15-8-13(29-17(32)7-12-3-1-4-14(19(12)23)21(24,25)26)9-27-20(15)30-10-16(28-11-30)31-6-2-5-18(31)33/h1,3-4,8-11H,2,5-7H2,(H,29,32). The maximum atomic E-state index is 14.6. The highest BCUT2D eigenvalue weighted by molar-refractivity contribution is 5.94. The number of nitrogens with zero attached hydrogens (tertiary/aromatic N) is 4. The normalized spacial score (nSPS) is 14.1. The van der Waals surface area contributed by atoms with Crippen LogP contribution in [0, 0.1) is 11.6 Å². The van der Waals surface area contributed by atoms with Gasteiger partial charge in [0.2, 0.25) is 11.8 Å². The SMILES string of the molecule is O=C(Cc1cccc(C(F)(F)F)c1F)Nc1cnc(-n2cnc(N3CCCC3=O)c2)c(F)c1. The van der Waals surface area contributed by atoms with Crippen molar-refractivity contribution in [3.8, 4) is 5.82 Å². The van der Waals surface area contributed by atoms with Crippen LogP contribution in [-0.4, -0.2) is 32.9 Å². The lowest BCUT2D eigenvalue weighted by Crippen LogP contribution is -2.23. The molecule has 0 atom stereocenters. The summed E-state index contributed by atoms with van der Waals surface area (Å²) in [7, 11) is 0. The number of carbonyl (C=O) groups excluding carboxylic acids is 2. The average molecular weight is 465 g/mol. The van der Waals surface area contributed by atoms with Crippen LogP contribution in [-0.2, 0) is 22.2 Å². The summed E-state index contributed by atoms with van der Waals surface area (Å²) in [5.41, 5.74) is -1.99. The molecule has 33 heavy (non-hydrogen) atoms. The van der Waals surface area contributed by atoms with E-state index in [0.717, 1.165) is 24.4 Å². The number of imidazole rings is 1. The Morgan fingerprint density at radius 1 is 1.18 bits per heavy atom. The number of rotatable bonds is 5. The highest BCUT2D eigenvalue weighted by Crippen LogP contribution is 2.32. The van der Waals surface area contributed by atoms with E-state index >= 15 is 0 Å². The molecule has 0 bridgehead atoms. The van der Waals surface area contributed by atoms with Gasteiger partial charge in [0, 0.05) is 19.0 Å². The summed E-state index contributed by atoms with van der Waals surface area (Å²) in [6, 6.07) is 3.60. The van der Waals surface area contributed by atoms with Crippen LogP contribution in [0.2, 0.25) is 0 Å². The van der Waals surface area contributed by atoms with E-state index in [1.807, 2.05) is 0 Å². The van der Waals surface area contributed by atoms with Crippen LogP contribution in [0.3, 0.4) is 0 Å². The number of pyridine rings is 1. The quantitative estimate of drug-likeness (QED) is 0.581. The van der Waals surface area contributed by atoms with Gasteiger partial charge in [-0.15, -0.1) is 0 Å². The molecule has 3 heterocycles. The van der Waals surface area contributed by atoms with Gasteiger partial charge in [-0.25, -0.2) is 18.7 Å². The second-order valence-electron chi connectivity index (χ2n) is 7.32. The monoisotopic (exact) mass is 465 g/mol. The molecule has 7 nitrogen and oxygen atoms in total. The zero-order valence-corrected chi connectivity index (χ0v) is 16.9. The summed E-state index contributed by atoms with van der Waals surface area (Å²) in [4.78, 5) is 33.5. The van der Waals surface area contributed by atoms with E-state index in [4.69, 9.17) is 0 Å². The molecular weight excluding hydrogens is 449 g/mol. The topological polar surface area (TPSA) is 80.1 Å². The third kappa shape index (κ3) is 4.69. The largest absolute Gasteiger partial charge is 0.419 e. The third-order valence-electron chi connectivity index (χ3n) is 5.00. The molecule has 1 fully saturated rings. The van der Waals surface area contributed by atoms with Crippen molar-refractivity contribution < 1.29 is 31.5 Å². The van der Waals surface area contributed by atoms with Crippen molar-refractivity contribution in [2.75, 3.05) is 16.8 Å². The molecular formula is C21H16F5N5O2. The van der Waals surface area contributed by atoms with E-state index in [1.54, 1.807) is 0 Å². The van der Waals surface area contributed by atoms with Crippen molar-refractivity contribution >= 4 is 23.3 Å². The van der Waals surface area contributed by atoms with Crippen LogP contribution >= 0.6 is 0 Å². The summed E-state index contributed by atoms with van der Waals surface area (Å²) in [5.74, 6) is -3.06. The minimum atomic E-state index is -4.89. The smallest absolute Gasteiger partial charge is 0.324 e. The molecule has 4 rings (SSSR count).